The van der Waals surface area contributed by atoms with E-state index in [-0.39, 0.29) is 11.9 Å². The standard InChI is InChI=1S/C19H18N2O/c1-14(18-8-4-5-11-20-18)21-19(22)13-15-9-10-16-6-2-3-7-17(16)12-15/h2-12,14H,13H2,1H3,(H,21,22)/t14-/m1/s1. The van der Waals surface area contributed by atoms with Crippen LogP contribution in [0.25, 0.3) is 10.8 Å². The highest BCUT2D eigenvalue weighted by Gasteiger charge is 2.11. The number of carbonyl (C=O) groups is 1. The van der Waals surface area contributed by atoms with Gasteiger partial charge in [-0.3, -0.25) is 9.78 Å². The molecule has 2 aromatic carbocycles. The number of nitrogens with zero attached hydrogens (tertiary/aromatic N) is 1. The van der Waals surface area contributed by atoms with Gasteiger partial charge in [-0.2, -0.15) is 0 Å². The molecule has 0 fully saturated rings. The summed E-state index contributed by atoms with van der Waals surface area (Å²) in [5.41, 5.74) is 1.89. The number of amides is 1. The van der Waals surface area contributed by atoms with E-state index in [1.54, 1.807) is 6.20 Å². The molecule has 110 valence electrons. The molecule has 0 radical (unpaired) electrons. The van der Waals surface area contributed by atoms with Crippen molar-refractivity contribution >= 4 is 16.7 Å². The van der Waals surface area contributed by atoms with Crippen LogP contribution < -0.4 is 5.32 Å². The normalized spacial score (nSPS) is 12.0. The zero-order valence-electron chi connectivity index (χ0n) is 12.5. The van der Waals surface area contributed by atoms with E-state index in [0.717, 1.165) is 16.6 Å². The fourth-order valence-corrected chi connectivity index (χ4v) is 2.53. The molecule has 0 unspecified atom stereocenters. The Morgan fingerprint density at radius 1 is 1.05 bits per heavy atom. The predicted octanol–water partition coefficient (Wildman–Crippen LogP) is 3.65. The molecule has 0 saturated heterocycles. The maximum Gasteiger partial charge on any atom is 0.224 e. The summed E-state index contributed by atoms with van der Waals surface area (Å²) >= 11 is 0. The summed E-state index contributed by atoms with van der Waals surface area (Å²) in [6.45, 7) is 1.95. The molecular formula is C19H18N2O. The molecule has 0 bridgehead atoms. The van der Waals surface area contributed by atoms with E-state index >= 15 is 0 Å². The largest absolute Gasteiger partial charge is 0.348 e. The van der Waals surface area contributed by atoms with Gasteiger partial charge in [0.25, 0.3) is 0 Å². The van der Waals surface area contributed by atoms with Gasteiger partial charge in [0.05, 0.1) is 18.2 Å². The number of fused-ring (bicyclic) bond motifs is 1. The van der Waals surface area contributed by atoms with E-state index in [4.69, 9.17) is 0 Å². The van der Waals surface area contributed by atoms with Crippen LogP contribution in [0.3, 0.4) is 0 Å². The summed E-state index contributed by atoms with van der Waals surface area (Å²) < 4.78 is 0. The zero-order chi connectivity index (χ0) is 15.4. The van der Waals surface area contributed by atoms with Gasteiger partial charge in [0.15, 0.2) is 0 Å². The Labute approximate surface area is 130 Å². The Bertz CT molecular complexity index is 784. The average molecular weight is 290 g/mol. The summed E-state index contributed by atoms with van der Waals surface area (Å²) in [4.78, 5) is 16.5. The third kappa shape index (κ3) is 3.31. The number of aromatic nitrogens is 1. The van der Waals surface area contributed by atoms with E-state index in [9.17, 15) is 4.79 Å². The molecule has 22 heavy (non-hydrogen) atoms. The van der Waals surface area contributed by atoms with Crippen LogP contribution >= 0.6 is 0 Å². The summed E-state index contributed by atoms with van der Waals surface area (Å²) in [5, 5.41) is 5.34. The third-order valence-corrected chi connectivity index (χ3v) is 3.69. The lowest BCUT2D eigenvalue weighted by Crippen LogP contribution is -2.28. The second-order valence-corrected chi connectivity index (χ2v) is 5.40. The van der Waals surface area contributed by atoms with Crippen molar-refractivity contribution in [2.75, 3.05) is 0 Å². The molecular weight excluding hydrogens is 272 g/mol. The van der Waals surface area contributed by atoms with Gasteiger partial charge >= 0.3 is 0 Å². The van der Waals surface area contributed by atoms with Gasteiger partial charge in [-0.05, 0) is 35.4 Å². The summed E-state index contributed by atoms with van der Waals surface area (Å²) in [6, 6.07) is 19.9. The molecule has 3 heteroatoms. The fraction of sp³-hybridized carbons (Fsp3) is 0.158. The number of hydrogen-bond donors (Lipinski definition) is 1. The molecule has 1 heterocycles. The first-order valence-electron chi connectivity index (χ1n) is 7.40. The molecule has 3 aromatic rings. The van der Waals surface area contributed by atoms with Crippen molar-refractivity contribution in [1.29, 1.82) is 0 Å². The minimum absolute atomic E-state index is 0.00781. The van der Waals surface area contributed by atoms with E-state index < -0.39 is 0 Å². The van der Waals surface area contributed by atoms with Gasteiger partial charge in [0.2, 0.25) is 5.91 Å². The van der Waals surface area contributed by atoms with E-state index in [0.29, 0.717) is 6.42 Å². The molecule has 0 aliphatic rings. The number of nitrogens with one attached hydrogen (secondary N) is 1. The van der Waals surface area contributed by atoms with Crippen LogP contribution in [-0.2, 0) is 11.2 Å². The fourth-order valence-electron chi connectivity index (χ4n) is 2.53. The van der Waals surface area contributed by atoms with Gasteiger partial charge in [-0.25, -0.2) is 0 Å². The van der Waals surface area contributed by atoms with Crippen LogP contribution in [0.15, 0.2) is 66.9 Å². The van der Waals surface area contributed by atoms with Crippen LogP contribution in [-0.4, -0.2) is 10.9 Å². The summed E-state index contributed by atoms with van der Waals surface area (Å²) in [6.07, 6.45) is 2.11. The van der Waals surface area contributed by atoms with Crippen LogP contribution in [0.4, 0.5) is 0 Å². The van der Waals surface area contributed by atoms with E-state index in [2.05, 4.69) is 34.6 Å². The Kier molecular flexibility index (Phi) is 4.15. The quantitative estimate of drug-likeness (QED) is 0.797. The highest BCUT2D eigenvalue weighted by molar-refractivity contribution is 5.85. The lowest BCUT2D eigenvalue weighted by atomic mass is 10.0. The minimum atomic E-state index is -0.0887. The molecule has 0 spiro atoms. The monoisotopic (exact) mass is 290 g/mol. The molecule has 0 aliphatic carbocycles. The molecule has 3 nitrogen and oxygen atoms in total. The van der Waals surface area contributed by atoms with Crippen molar-refractivity contribution in [3.8, 4) is 0 Å². The van der Waals surface area contributed by atoms with E-state index in [1.807, 2.05) is 43.3 Å². The van der Waals surface area contributed by atoms with Crippen LogP contribution in [0, 0.1) is 0 Å². The lowest BCUT2D eigenvalue weighted by molar-refractivity contribution is -0.121. The molecule has 1 aromatic heterocycles. The third-order valence-electron chi connectivity index (χ3n) is 3.69. The molecule has 1 N–H and O–H groups in total. The van der Waals surface area contributed by atoms with Gasteiger partial charge in [0.1, 0.15) is 0 Å². The SMILES string of the molecule is C[C@@H](NC(=O)Cc1ccc2ccccc2c1)c1ccccn1. The Balaban J connectivity index is 1.68. The van der Waals surface area contributed by atoms with Gasteiger partial charge in [-0.1, -0.05) is 48.5 Å². The molecule has 0 saturated carbocycles. The number of hydrogen-bond acceptors (Lipinski definition) is 2. The number of rotatable bonds is 4. The van der Waals surface area contributed by atoms with Gasteiger partial charge < -0.3 is 5.32 Å². The zero-order valence-corrected chi connectivity index (χ0v) is 12.5. The Morgan fingerprint density at radius 3 is 2.59 bits per heavy atom. The van der Waals surface area contributed by atoms with Crippen LogP contribution in [0.5, 0.6) is 0 Å². The van der Waals surface area contributed by atoms with Crippen LogP contribution in [0.2, 0.25) is 0 Å². The number of pyridine rings is 1. The molecule has 0 aliphatic heterocycles. The average Bonchev–Trinajstić information content (AvgIpc) is 2.55. The van der Waals surface area contributed by atoms with Gasteiger partial charge in [-0.15, -0.1) is 0 Å². The highest BCUT2D eigenvalue weighted by atomic mass is 16.1. The topological polar surface area (TPSA) is 42.0 Å². The van der Waals surface area contributed by atoms with Crippen molar-refractivity contribution in [1.82, 2.24) is 10.3 Å². The second-order valence-electron chi connectivity index (χ2n) is 5.40. The first-order valence-corrected chi connectivity index (χ1v) is 7.40. The van der Waals surface area contributed by atoms with Gasteiger partial charge in [0, 0.05) is 6.20 Å². The highest BCUT2D eigenvalue weighted by Crippen LogP contribution is 2.16. The van der Waals surface area contributed by atoms with Crippen molar-refractivity contribution in [3.63, 3.8) is 0 Å². The van der Waals surface area contributed by atoms with E-state index in [1.165, 1.54) is 5.39 Å². The number of benzene rings is 2. The van der Waals surface area contributed by atoms with Crippen molar-refractivity contribution in [3.05, 3.63) is 78.1 Å². The summed E-state index contributed by atoms with van der Waals surface area (Å²) in [7, 11) is 0. The maximum atomic E-state index is 12.2. The predicted molar refractivity (Wildman–Crippen MR) is 88.4 cm³/mol. The maximum absolute atomic E-state index is 12.2. The first kappa shape index (κ1) is 14.3. The second kappa shape index (κ2) is 6.39. The van der Waals surface area contributed by atoms with Crippen molar-refractivity contribution in [2.45, 2.75) is 19.4 Å². The van der Waals surface area contributed by atoms with Crippen molar-refractivity contribution < 1.29 is 4.79 Å². The van der Waals surface area contributed by atoms with Crippen molar-refractivity contribution in [2.24, 2.45) is 0 Å². The Morgan fingerprint density at radius 2 is 1.82 bits per heavy atom. The smallest absolute Gasteiger partial charge is 0.224 e. The molecule has 3 rings (SSSR count). The number of carbonyl (C=O) groups excluding carboxylic acids is 1. The Hall–Kier alpha value is -2.68. The lowest BCUT2D eigenvalue weighted by Gasteiger charge is -2.13. The molecule has 1 amide bonds. The van der Waals surface area contributed by atoms with Crippen LogP contribution in [0.1, 0.15) is 24.2 Å². The summed E-state index contributed by atoms with van der Waals surface area (Å²) in [5.74, 6) is 0.00781. The first-order chi connectivity index (χ1) is 10.7. The minimum Gasteiger partial charge on any atom is -0.348 e. The molecule has 1 atom stereocenters.